The molecule has 0 bridgehead atoms. The Bertz CT molecular complexity index is 333. The molecule has 1 heterocycles. The van der Waals surface area contributed by atoms with Crippen molar-refractivity contribution in [3.8, 4) is 0 Å². The highest BCUT2D eigenvalue weighted by atomic mass is 35.5. The van der Waals surface area contributed by atoms with E-state index < -0.39 is 6.10 Å². The highest BCUT2D eigenvalue weighted by Crippen LogP contribution is 2.22. The van der Waals surface area contributed by atoms with Gasteiger partial charge in [0.2, 0.25) is 0 Å². The fourth-order valence-corrected chi connectivity index (χ4v) is 1.52. The predicted octanol–water partition coefficient (Wildman–Crippen LogP) is 0.439. The van der Waals surface area contributed by atoms with Crippen molar-refractivity contribution in [3.63, 3.8) is 0 Å². The number of hydrogen-bond donors (Lipinski definition) is 2. The van der Waals surface area contributed by atoms with Crippen LogP contribution >= 0.6 is 11.6 Å². The molecule has 0 amide bonds. The van der Waals surface area contributed by atoms with Gasteiger partial charge in [-0.1, -0.05) is 11.6 Å². The second kappa shape index (κ2) is 5.25. The molecular weight excluding hydrogens is 218 g/mol. The van der Waals surface area contributed by atoms with Gasteiger partial charge in [-0.3, -0.25) is 0 Å². The van der Waals surface area contributed by atoms with Crippen LogP contribution < -0.4 is 4.90 Å². The Morgan fingerprint density at radius 2 is 2.20 bits per heavy atom. The number of aliphatic hydroxyl groups excluding tert-OH is 2. The van der Waals surface area contributed by atoms with Crippen molar-refractivity contribution < 1.29 is 10.2 Å². The van der Waals surface area contributed by atoms with Crippen molar-refractivity contribution in [2.45, 2.75) is 19.6 Å². The number of anilines is 1. The number of aliphatic hydroxyl groups is 2. The van der Waals surface area contributed by atoms with Crippen LogP contribution in [0.1, 0.15) is 12.5 Å². The van der Waals surface area contributed by atoms with E-state index in [4.69, 9.17) is 16.7 Å². The van der Waals surface area contributed by atoms with Gasteiger partial charge in [0.25, 0.3) is 0 Å². The molecule has 0 radical (unpaired) electrons. The van der Waals surface area contributed by atoms with Gasteiger partial charge in [-0.15, -0.1) is 0 Å². The van der Waals surface area contributed by atoms with Crippen LogP contribution in [0.25, 0.3) is 0 Å². The number of likely N-dealkylation sites (N-methyl/N-ethyl adjacent to an activating group) is 1. The molecule has 1 unspecified atom stereocenters. The summed E-state index contributed by atoms with van der Waals surface area (Å²) < 4.78 is 0. The summed E-state index contributed by atoms with van der Waals surface area (Å²) in [5.41, 5.74) is 0.474. The van der Waals surface area contributed by atoms with Crippen molar-refractivity contribution in [1.29, 1.82) is 0 Å². The minimum Gasteiger partial charge on any atom is -0.392 e. The zero-order valence-electron chi connectivity index (χ0n) is 8.68. The second-order valence-electron chi connectivity index (χ2n) is 3.35. The van der Waals surface area contributed by atoms with E-state index in [-0.39, 0.29) is 11.8 Å². The average Bonchev–Trinajstić information content (AvgIpc) is 2.16. The van der Waals surface area contributed by atoms with Gasteiger partial charge in [0.1, 0.15) is 17.3 Å². The molecule has 0 saturated heterocycles. The Morgan fingerprint density at radius 1 is 1.53 bits per heavy atom. The summed E-state index contributed by atoms with van der Waals surface area (Å²) in [4.78, 5) is 9.53. The van der Waals surface area contributed by atoms with Gasteiger partial charge in [0.05, 0.1) is 18.3 Å². The highest BCUT2D eigenvalue weighted by Gasteiger charge is 2.13. The Kier molecular flexibility index (Phi) is 4.26. The smallest absolute Gasteiger partial charge is 0.140 e. The molecule has 2 N–H and O–H groups in total. The minimum absolute atomic E-state index is 0.223. The van der Waals surface area contributed by atoms with Crippen molar-refractivity contribution in [2.75, 3.05) is 18.5 Å². The summed E-state index contributed by atoms with van der Waals surface area (Å²) in [5, 5.41) is 18.6. The number of nitrogens with zero attached hydrogens (tertiary/aromatic N) is 3. The zero-order chi connectivity index (χ0) is 11.4. The maximum Gasteiger partial charge on any atom is 0.140 e. The molecule has 0 aliphatic carbocycles. The third kappa shape index (κ3) is 3.02. The van der Waals surface area contributed by atoms with Crippen molar-refractivity contribution in [2.24, 2.45) is 0 Å². The zero-order valence-corrected chi connectivity index (χ0v) is 9.44. The molecule has 0 spiro atoms. The first-order chi connectivity index (χ1) is 7.06. The Hall–Kier alpha value is -0.910. The third-order valence-corrected chi connectivity index (χ3v) is 2.25. The van der Waals surface area contributed by atoms with Gasteiger partial charge < -0.3 is 15.1 Å². The van der Waals surface area contributed by atoms with Gasteiger partial charge >= 0.3 is 0 Å². The lowest BCUT2D eigenvalue weighted by Crippen LogP contribution is -2.28. The summed E-state index contributed by atoms with van der Waals surface area (Å²) in [6.07, 6.45) is 0.852. The minimum atomic E-state index is -0.477. The summed E-state index contributed by atoms with van der Waals surface area (Å²) in [5.74, 6) is 0.540. The van der Waals surface area contributed by atoms with Crippen molar-refractivity contribution >= 4 is 17.4 Å². The van der Waals surface area contributed by atoms with Gasteiger partial charge in [-0.2, -0.15) is 0 Å². The van der Waals surface area contributed by atoms with E-state index >= 15 is 0 Å². The molecule has 0 aromatic carbocycles. The lowest BCUT2D eigenvalue weighted by molar-refractivity contribution is 0.201. The van der Waals surface area contributed by atoms with E-state index in [1.807, 2.05) is 0 Å². The van der Waals surface area contributed by atoms with E-state index in [0.29, 0.717) is 17.9 Å². The van der Waals surface area contributed by atoms with Crippen LogP contribution in [0.15, 0.2) is 6.33 Å². The van der Waals surface area contributed by atoms with Crippen LogP contribution in [0, 0.1) is 0 Å². The Morgan fingerprint density at radius 3 is 2.73 bits per heavy atom. The van der Waals surface area contributed by atoms with Crippen LogP contribution in [0.5, 0.6) is 0 Å². The number of hydrogen-bond acceptors (Lipinski definition) is 5. The van der Waals surface area contributed by atoms with Gasteiger partial charge in [0, 0.05) is 13.6 Å². The lowest BCUT2D eigenvalue weighted by Gasteiger charge is -2.21. The fourth-order valence-electron chi connectivity index (χ4n) is 1.33. The SMILES string of the molecule is CC(O)CN(C)c1ncnc(Cl)c1CO. The molecule has 0 aliphatic rings. The number of halogens is 1. The predicted molar refractivity (Wildman–Crippen MR) is 57.9 cm³/mol. The van der Waals surface area contributed by atoms with Crippen LogP contribution in [-0.2, 0) is 6.61 Å². The Balaban J connectivity index is 2.97. The first-order valence-corrected chi connectivity index (χ1v) is 4.93. The molecule has 1 rings (SSSR count). The Labute approximate surface area is 93.3 Å². The van der Waals surface area contributed by atoms with Gasteiger partial charge in [0.15, 0.2) is 0 Å². The largest absolute Gasteiger partial charge is 0.392 e. The van der Waals surface area contributed by atoms with E-state index in [0.717, 1.165) is 0 Å². The first kappa shape index (κ1) is 12.2. The highest BCUT2D eigenvalue weighted by molar-refractivity contribution is 6.30. The number of rotatable bonds is 4. The van der Waals surface area contributed by atoms with Crippen LogP contribution in [0.4, 0.5) is 5.82 Å². The monoisotopic (exact) mass is 231 g/mol. The summed E-state index contributed by atoms with van der Waals surface area (Å²) in [6.45, 7) is 1.87. The quantitative estimate of drug-likeness (QED) is 0.736. The van der Waals surface area contributed by atoms with Crippen LogP contribution in [0.3, 0.4) is 0 Å². The maximum absolute atomic E-state index is 9.24. The molecule has 0 saturated carbocycles. The molecule has 0 aliphatic heterocycles. The molecule has 84 valence electrons. The van der Waals surface area contributed by atoms with Gasteiger partial charge in [-0.25, -0.2) is 9.97 Å². The molecular formula is C9H14ClN3O2. The maximum atomic E-state index is 9.24. The molecule has 1 atom stereocenters. The molecule has 15 heavy (non-hydrogen) atoms. The van der Waals surface area contributed by atoms with Crippen molar-refractivity contribution in [1.82, 2.24) is 9.97 Å². The van der Waals surface area contributed by atoms with E-state index in [1.165, 1.54) is 6.33 Å². The second-order valence-corrected chi connectivity index (χ2v) is 3.71. The average molecular weight is 232 g/mol. The topological polar surface area (TPSA) is 69.5 Å². The normalized spacial score (nSPS) is 12.6. The van der Waals surface area contributed by atoms with Crippen LogP contribution in [-0.4, -0.2) is 39.9 Å². The third-order valence-electron chi connectivity index (χ3n) is 1.93. The number of aromatic nitrogens is 2. The molecule has 5 nitrogen and oxygen atoms in total. The van der Waals surface area contributed by atoms with Gasteiger partial charge in [-0.05, 0) is 6.92 Å². The summed E-state index contributed by atoms with van der Waals surface area (Å²) in [7, 11) is 1.77. The molecule has 1 aromatic heterocycles. The fraction of sp³-hybridized carbons (Fsp3) is 0.556. The first-order valence-electron chi connectivity index (χ1n) is 4.55. The van der Waals surface area contributed by atoms with E-state index in [2.05, 4.69) is 9.97 Å². The standard InChI is InChI=1S/C9H14ClN3O2/c1-6(15)3-13(2)9-7(4-14)8(10)11-5-12-9/h5-6,14-15H,3-4H2,1-2H3. The van der Waals surface area contributed by atoms with E-state index in [1.54, 1.807) is 18.9 Å². The lowest BCUT2D eigenvalue weighted by atomic mass is 10.3. The van der Waals surface area contributed by atoms with E-state index in [9.17, 15) is 5.11 Å². The molecule has 0 fully saturated rings. The molecule has 1 aromatic rings. The van der Waals surface area contributed by atoms with Crippen molar-refractivity contribution in [3.05, 3.63) is 17.0 Å². The molecule has 6 heteroatoms. The summed E-state index contributed by atoms with van der Waals surface area (Å²) >= 11 is 5.81. The summed E-state index contributed by atoms with van der Waals surface area (Å²) in [6, 6.07) is 0. The van der Waals surface area contributed by atoms with Crippen LogP contribution in [0.2, 0.25) is 5.15 Å².